The van der Waals surface area contributed by atoms with Gasteiger partial charge in [0.2, 0.25) is 12.7 Å². The Morgan fingerprint density at radius 1 is 1.10 bits per heavy atom. The fourth-order valence-corrected chi connectivity index (χ4v) is 4.16. The van der Waals surface area contributed by atoms with Crippen LogP contribution in [-0.2, 0) is 22.6 Å². The minimum Gasteiger partial charge on any atom is -0.454 e. The lowest BCUT2D eigenvalue weighted by Gasteiger charge is -2.27. The van der Waals surface area contributed by atoms with Crippen LogP contribution in [0.25, 0.3) is 0 Å². The second kappa shape index (κ2) is 13.9. The molecule has 3 amide bonds. The maximum absolute atomic E-state index is 13.1. The zero-order chi connectivity index (χ0) is 30.2. The number of carbonyl (C=O) groups is 3. The van der Waals surface area contributed by atoms with E-state index >= 15 is 0 Å². The quantitative estimate of drug-likeness (QED) is 0.195. The number of unbranched alkanes of at least 4 members (excludes halogenated alkanes) is 1. The highest BCUT2D eigenvalue weighted by atomic mass is 16.7. The molecule has 0 aromatic heterocycles. The number of ether oxygens (including phenoxy) is 3. The summed E-state index contributed by atoms with van der Waals surface area (Å²) < 4.78 is 16.3. The highest BCUT2D eigenvalue weighted by Crippen LogP contribution is 2.33. The van der Waals surface area contributed by atoms with Crippen molar-refractivity contribution < 1.29 is 33.5 Å². The Labute approximate surface area is 238 Å². The molecule has 0 spiro atoms. The summed E-state index contributed by atoms with van der Waals surface area (Å²) in [6.45, 7) is 5.64. The molecule has 0 saturated carbocycles. The minimum absolute atomic E-state index is 0.0645. The number of hydrogen-bond acceptors (Lipinski definition) is 10. The molecule has 1 atom stereocenters. The SMILES string of the molecule is CNC(CCCCN)C(=O)NC(=O)c1ccc(CN(Cc2ccc3c(c2)OCO3)C(=O)OC(C)(C)C)c([N+](=O)[O-])c1. The summed E-state index contributed by atoms with van der Waals surface area (Å²) in [6.07, 6.45) is 1.24. The molecule has 0 aliphatic carbocycles. The van der Waals surface area contributed by atoms with Crippen molar-refractivity contribution in [2.24, 2.45) is 5.73 Å². The number of nitrogens with one attached hydrogen (secondary N) is 2. The molecule has 1 aliphatic heterocycles. The molecule has 0 fully saturated rings. The van der Waals surface area contributed by atoms with Crippen LogP contribution in [0.1, 0.15) is 61.5 Å². The number of hydrogen-bond donors (Lipinski definition) is 3. The van der Waals surface area contributed by atoms with E-state index in [1.807, 2.05) is 0 Å². The Balaban J connectivity index is 1.82. The highest BCUT2D eigenvalue weighted by Gasteiger charge is 2.27. The van der Waals surface area contributed by atoms with Crippen molar-refractivity contribution in [3.05, 3.63) is 63.2 Å². The molecule has 41 heavy (non-hydrogen) atoms. The summed E-state index contributed by atoms with van der Waals surface area (Å²) in [5, 5.41) is 17.2. The van der Waals surface area contributed by atoms with Gasteiger partial charge < -0.3 is 25.3 Å². The highest BCUT2D eigenvalue weighted by molar-refractivity contribution is 6.06. The first-order chi connectivity index (χ1) is 19.4. The molecule has 0 bridgehead atoms. The Bertz CT molecular complexity index is 1280. The van der Waals surface area contributed by atoms with Gasteiger partial charge in [0.25, 0.3) is 11.6 Å². The van der Waals surface area contributed by atoms with Crippen LogP contribution in [0, 0.1) is 10.1 Å². The number of benzene rings is 2. The molecular weight excluding hydrogens is 534 g/mol. The van der Waals surface area contributed by atoms with Crippen molar-refractivity contribution in [2.75, 3.05) is 20.4 Å². The van der Waals surface area contributed by atoms with Gasteiger partial charge in [-0.25, -0.2) is 4.79 Å². The summed E-state index contributed by atoms with van der Waals surface area (Å²) in [5.41, 5.74) is 5.13. The van der Waals surface area contributed by atoms with E-state index in [0.717, 1.165) is 12.5 Å². The van der Waals surface area contributed by atoms with E-state index in [2.05, 4.69) is 10.6 Å². The van der Waals surface area contributed by atoms with Gasteiger partial charge in [0.05, 0.1) is 17.5 Å². The number of likely N-dealkylation sites (N-methyl/N-ethyl adjacent to an activating group) is 1. The van der Waals surface area contributed by atoms with Gasteiger partial charge in [0.1, 0.15) is 5.60 Å². The van der Waals surface area contributed by atoms with Gasteiger partial charge in [-0.15, -0.1) is 0 Å². The van der Waals surface area contributed by atoms with Crippen LogP contribution in [0.2, 0.25) is 0 Å². The van der Waals surface area contributed by atoms with Crippen LogP contribution in [0.15, 0.2) is 36.4 Å². The third kappa shape index (κ3) is 8.88. The van der Waals surface area contributed by atoms with E-state index in [4.69, 9.17) is 19.9 Å². The lowest BCUT2D eigenvalue weighted by molar-refractivity contribution is -0.385. The molecule has 0 radical (unpaired) electrons. The van der Waals surface area contributed by atoms with Crippen LogP contribution in [0.4, 0.5) is 10.5 Å². The first kappa shape index (κ1) is 31.3. The summed E-state index contributed by atoms with van der Waals surface area (Å²) in [4.78, 5) is 51.2. The van der Waals surface area contributed by atoms with Gasteiger partial charge in [-0.05, 0) is 77.0 Å². The predicted octanol–water partition coefficient (Wildman–Crippen LogP) is 3.23. The van der Waals surface area contributed by atoms with E-state index in [1.54, 1.807) is 46.0 Å². The van der Waals surface area contributed by atoms with Crippen molar-refractivity contribution in [3.63, 3.8) is 0 Å². The molecule has 3 rings (SSSR count). The second-order valence-electron chi connectivity index (χ2n) is 10.6. The third-order valence-corrected chi connectivity index (χ3v) is 6.22. The Morgan fingerprint density at radius 3 is 2.49 bits per heavy atom. The first-order valence-corrected chi connectivity index (χ1v) is 13.3. The number of nitrogens with two attached hydrogens (primary N) is 1. The van der Waals surface area contributed by atoms with Crippen LogP contribution in [0.3, 0.4) is 0 Å². The smallest absolute Gasteiger partial charge is 0.410 e. The maximum atomic E-state index is 13.1. The van der Waals surface area contributed by atoms with Crippen LogP contribution in [-0.4, -0.2) is 59.8 Å². The van der Waals surface area contributed by atoms with E-state index in [-0.39, 0.29) is 36.7 Å². The zero-order valence-electron chi connectivity index (χ0n) is 23.7. The van der Waals surface area contributed by atoms with Gasteiger partial charge in [-0.1, -0.05) is 12.5 Å². The van der Waals surface area contributed by atoms with Crippen molar-refractivity contribution in [1.82, 2.24) is 15.5 Å². The number of carbonyl (C=O) groups excluding carboxylic acids is 3. The molecule has 13 nitrogen and oxygen atoms in total. The average molecular weight is 572 g/mol. The van der Waals surface area contributed by atoms with E-state index in [0.29, 0.717) is 36.4 Å². The number of nitro benzene ring substituents is 1. The first-order valence-electron chi connectivity index (χ1n) is 13.3. The number of amides is 3. The largest absolute Gasteiger partial charge is 0.454 e. The zero-order valence-corrected chi connectivity index (χ0v) is 23.7. The van der Waals surface area contributed by atoms with E-state index in [1.165, 1.54) is 17.0 Å². The summed E-state index contributed by atoms with van der Waals surface area (Å²) in [7, 11) is 1.61. The van der Waals surface area contributed by atoms with Crippen LogP contribution >= 0.6 is 0 Å². The molecule has 13 heteroatoms. The number of imide groups is 1. The normalized spacial score (nSPS) is 12.9. The van der Waals surface area contributed by atoms with Crippen LogP contribution in [0.5, 0.6) is 11.5 Å². The second-order valence-corrected chi connectivity index (χ2v) is 10.6. The summed E-state index contributed by atoms with van der Waals surface area (Å²) in [6, 6.07) is 8.46. The molecule has 1 heterocycles. The standard InChI is InChI=1S/C28H37N5O8/c1-28(2,3)41-27(36)32(15-18-8-11-23-24(13-18)40-17-39-23)16-20-10-9-19(14-22(20)33(37)38)25(34)31-26(35)21(30-4)7-5-6-12-29/h8-11,13-14,21,30H,5-7,12,15-17,29H2,1-4H3,(H,31,34,35). The number of nitro groups is 1. The monoisotopic (exact) mass is 571 g/mol. The Morgan fingerprint density at radius 2 is 1.83 bits per heavy atom. The molecule has 1 aliphatic rings. The van der Waals surface area contributed by atoms with Gasteiger partial charge in [-0.2, -0.15) is 0 Å². The fraction of sp³-hybridized carbons (Fsp3) is 0.464. The molecule has 4 N–H and O–H groups in total. The van der Waals surface area contributed by atoms with Gasteiger partial charge >= 0.3 is 6.09 Å². The van der Waals surface area contributed by atoms with Gasteiger partial charge in [0.15, 0.2) is 11.5 Å². The number of rotatable bonds is 12. The number of nitrogens with zero attached hydrogens (tertiary/aromatic N) is 2. The van der Waals surface area contributed by atoms with Crippen molar-refractivity contribution in [3.8, 4) is 11.5 Å². The molecule has 2 aromatic rings. The number of fused-ring (bicyclic) bond motifs is 1. The topological polar surface area (TPSA) is 175 Å². The van der Waals surface area contributed by atoms with Gasteiger partial charge in [-0.3, -0.25) is 29.9 Å². The Kier molecular flexibility index (Phi) is 10.6. The van der Waals surface area contributed by atoms with Crippen molar-refractivity contribution in [2.45, 2.75) is 64.8 Å². The fourth-order valence-electron chi connectivity index (χ4n) is 4.16. The lowest BCUT2D eigenvalue weighted by atomic mass is 10.1. The van der Waals surface area contributed by atoms with Gasteiger partial charge in [0, 0.05) is 23.7 Å². The minimum atomic E-state index is -0.805. The van der Waals surface area contributed by atoms with Crippen molar-refractivity contribution >= 4 is 23.6 Å². The molecule has 1 unspecified atom stereocenters. The summed E-state index contributed by atoms with van der Waals surface area (Å²) >= 11 is 0. The maximum Gasteiger partial charge on any atom is 0.410 e. The average Bonchev–Trinajstić information content (AvgIpc) is 3.37. The molecule has 0 saturated heterocycles. The summed E-state index contributed by atoms with van der Waals surface area (Å²) in [5.74, 6) is -0.200. The van der Waals surface area contributed by atoms with E-state index in [9.17, 15) is 24.5 Å². The van der Waals surface area contributed by atoms with E-state index < -0.39 is 34.5 Å². The van der Waals surface area contributed by atoms with Crippen LogP contribution < -0.4 is 25.8 Å². The Hall–Kier alpha value is -4.23. The van der Waals surface area contributed by atoms with Crippen molar-refractivity contribution in [1.29, 1.82) is 0 Å². The third-order valence-electron chi connectivity index (χ3n) is 6.22. The molecular formula is C28H37N5O8. The lowest BCUT2D eigenvalue weighted by Crippen LogP contribution is -2.45. The predicted molar refractivity (Wildman–Crippen MR) is 149 cm³/mol. The molecule has 222 valence electrons. The molecule has 2 aromatic carbocycles.